The van der Waals surface area contributed by atoms with Crippen LogP contribution in [0.25, 0.3) is 0 Å². The first-order valence-corrected chi connectivity index (χ1v) is 11.0. The highest BCUT2D eigenvalue weighted by Gasteiger charge is 2.36. The van der Waals surface area contributed by atoms with Crippen molar-refractivity contribution in [3.05, 3.63) is 0 Å². The Morgan fingerprint density at radius 3 is 2.48 bits per heavy atom. The molecule has 0 spiro atoms. The SMILES string of the molecule is CC(NC(=O)C(N)C(C)C)C(=O)N1CCCC1C(=S)NC(CCCNC(=N)N)B(O)O. The van der Waals surface area contributed by atoms with Gasteiger partial charge in [0.05, 0.1) is 23.0 Å². The molecule has 1 rings (SSSR count). The topological polar surface area (TPSA) is 190 Å². The van der Waals surface area contributed by atoms with Crippen LogP contribution in [0.3, 0.4) is 0 Å². The summed E-state index contributed by atoms with van der Waals surface area (Å²) in [6.07, 6.45) is 2.30. The molecule has 31 heavy (non-hydrogen) atoms. The Balaban J connectivity index is 2.68. The average molecular weight is 457 g/mol. The predicted octanol–water partition coefficient (Wildman–Crippen LogP) is -1.97. The molecule has 0 aliphatic carbocycles. The third-order valence-electron chi connectivity index (χ3n) is 5.28. The second kappa shape index (κ2) is 12.8. The quantitative estimate of drug-likeness (QED) is 0.0572. The number of thiocarbonyl (C=S) groups is 1. The van der Waals surface area contributed by atoms with E-state index in [4.69, 9.17) is 29.1 Å². The third kappa shape index (κ3) is 8.60. The molecule has 176 valence electrons. The van der Waals surface area contributed by atoms with E-state index in [1.54, 1.807) is 11.8 Å². The van der Waals surface area contributed by atoms with Gasteiger partial charge in [0.15, 0.2) is 5.96 Å². The maximum Gasteiger partial charge on any atom is 0.475 e. The zero-order chi connectivity index (χ0) is 23.7. The maximum atomic E-state index is 12.9. The van der Waals surface area contributed by atoms with Gasteiger partial charge in [0.1, 0.15) is 6.04 Å². The Morgan fingerprint density at radius 2 is 1.94 bits per heavy atom. The first-order chi connectivity index (χ1) is 14.5. The van der Waals surface area contributed by atoms with E-state index < -0.39 is 31.2 Å². The van der Waals surface area contributed by atoms with Crippen LogP contribution in [0.2, 0.25) is 0 Å². The Morgan fingerprint density at radius 1 is 1.29 bits per heavy atom. The van der Waals surface area contributed by atoms with Crippen LogP contribution in [-0.2, 0) is 9.59 Å². The molecule has 1 aliphatic rings. The average Bonchev–Trinajstić information content (AvgIpc) is 3.18. The summed E-state index contributed by atoms with van der Waals surface area (Å²) in [4.78, 5) is 27.1. The van der Waals surface area contributed by atoms with Crippen LogP contribution < -0.4 is 27.4 Å². The Bertz CT molecular complexity index is 652. The number of nitrogens with one attached hydrogen (secondary N) is 4. The minimum Gasteiger partial charge on any atom is -0.426 e. The minimum atomic E-state index is -1.64. The maximum absolute atomic E-state index is 12.9. The molecule has 0 radical (unpaired) electrons. The molecule has 10 N–H and O–H groups in total. The molecule has 13 heteroatoms. The number of amides is 2. The van der Waals surface area contributed by atoms with E-state index in [0.717, 1.165) is 6.42 Å². The number of likely N-dealkylation sites (tertiary alicyclic amines) is 1. The standard InChI is InChI=1S/C18H36BN7O4S/c1-10(2)14(20)15(27)24-11(3)17(28)26-9-5-6-12(26)16(31)25-13(19(29)30)7-4-8-23-18(21)22/h10-14,29-30H,4-9,20H2,1-3H3,(H,24,27)(H,25,31)(H4,21,22,23). The number of hydrogen-bond acceptors (Lipinski definition) is 7. The van der Waals surface area contributed by atoms with Gasteiger partial charge in [-0.1, -0.05) is 26.1 Å². The highest BCUT2D eigenvalue weighted by molar-refractivity contribution is 7.80. The summed E-state index contributed by atoms with van der Waals surface area (Å²) in [6, 6.07) is -1.84. The van der Waals surface area contributed by atoms with Crippen molar-refractivity contribution in [1.82, 2.24) is 20.9 Å². The summed E-state index contributed by atoms with van der Waals surface area (Å²) in [7, 11) is -1.64. The van der Waals surface area contributed by atoms with Gasteiger partial charge in [0.25, 0.3) is 0 Å². The zero-order valence-electron chi connectivity index (χ0n) is 18.4. The molecule has 1 fully saturated rings. The molecule has 0 aromatic heterocycles. The van der Waals surface area contributed by atoms with Gasteiger partial charge in [0, 0.05) is 13.1 Å². The summed E-state index contributed by atoms with van der Waals surface area (Å²) in [5, 5.41) is 34.8. The summed E-state index contributed by atoms with van der Waals surface area (Å²) in [5.74, 6) is -1.57. The van der Waals surface area contributed by atoms with Gasteiger partial charge in [0.2, 0.25) is 11.8 Å². The molecule has 0 aromatic rings. The Labute approximate surface area is 189 Å². The highest BCUT2D eigenvalue weighted by Crippen LogP contribution is 2.20. The molecule has 1 aliphatic heterocycles. The van der Waals surface area contributed by atoms with Crippen LogP contribution in [0.1, 0.15) is 46.5 Å². The molecule has 1 heterocycles. The van der Waals surface area contributed by atoms with Crippen molar-refractivity contribution in [1.29, 1.82) is 5.41 Å². The summed E-state index contributed by atoms with van der Waals surface area (Å²) >= 11 is 5.47. The fourth-order valence-electron chi connectivity index (χ4n) is 3.35. The largest absolute Gasteiger partial charge is 0.475 e. The van der Waals surface area contributed by atoms with Gasteiger partial charge in [-0.2, -0.15) is 0 Å². The van der Waals surface area contributed by atoms with E-state index in [-0.39, 0.29) is 23.7 Å². The van der Waals surface area contributed by atoms with Crippen LogP contribution >= 0.6 is 12.2 Å². The molecular formula is C18H36BN7O4S. The number of guanidine groups is 1. The number of carbonyl (C=O) groups is 2. The lowest BCUT2D eigenvalue weighted by Gasteiger charge is -2.31. The van der Waals surface area contributed by atoms with E-state index in [1.165, 1.54) is 0 Å². The normalized spacial score (nSPS) is 18.8. The Kier molecular flexibility index (Phi) is 11.2. The smallest absolute Gasteiger partial charge is 0.426 e. The van der Waals surface area contributed by atoms with Gasteiger partial charge in [-0.3, -0.25) is 15.0 Å². The summed E-state index contributed by atoms with van der Waals surface area (Å²) in [6.45, 7) is 6.19. The van der Waals surface area contributed by atoms with Crippen LogP contribution in [0.4, 0.5) is 0 Å². The second-order valence-electron chi connectivity index (χ2n) is 8.20. The fourth-order valence-corrected chi connectivity index (χ4v) is 3.74. The van der Waals surface area contributed by atoms with Crippen LogP contribution in [0.15, 0.2) is 0 Å². The van der Waals surface area contributed by atoms with Crippen molar-refractivity contribution in [2.24, 2.45) is 17.4 Å². The number of rotatable bonds is 11. The van der Waals surface area contributed by atoms with Crippen molar-refractivity contribution in [3.63, 3.8) is 0 Å². The molecule has 11 nitrogen and oxygen atoms in total. The van der Waals surface area contributed by atoms with E-state index in [2.05, 4.69) is 16.0 Å². The van der Waals surface area contributed by atoms with E-state index in [0.29, 0.717) is 37.3 Å². The highest BCUT2D eigenvalue weighted by atomic mass is 32.1. The first kappa shape index (κ1) is 27.1. The zero-order valence-corrected chi connectivity index (χ0v) is 19.2. The first-order valence-electron chi connectivity index (χ1n) is 10.6. The number of hydrogen-bond donors (Lipinski definition) is 8. The number of nitrogens with two attached hydrogens (primary N) is 2. The van der Waals surface area contributed by atoms with Crippen LogP contribution in [-0.4, -0.2) is 82.0 Å². The van der Waals surface area contributed by atoms with Gasteiger partial charge in [-0.15, -0.1) is 0 Å². The predicted molar refractivity (Wildman–Crippen MR) is 124 cm³/mol. The molecule has 0 saturated carbocycles. The van der Waals surface area contributed by atoms with Crippen molar-refractivity contribution < 1.29 is 19.6 Å². The number of carbonyl (C=O) groups excluding carboxylic acids is 2. The molecule has 0 bridgehead atoms. The van der Waals surface area contributed by atoms with Gasteiger partial charge < -0.3 is 42.4 Å². The van der Waals surface area contributed by atoms with E-state index in [9.17, 15) is 19.6 Å². The third-order valence-corrected chi connectivity index (χ3v) is 5.67. The van der Waals surface area contributed by atoms with E-state index in [1.807, 2.05) is 13.8 Å². The molecular weight excluding hydrogens is 421 g/mol. The van der Waals surface area contributed by atoms with Crippen molar-refractivity contribution in [2.45, 2.75) is 70.5 Å². The molecule has 0 aromatic carbocycles. The van der Waals surface area contributed by atoms with Crippen LogP contribution in [0, 0.1) is 11.3 Å². The van der Waals surface area contributed by atoms with Gasteiger partial charge >= 0.3 is 7.12 Å². The Hall–Kier alpha value is -1.96. The minimum absolute atomic E-state index is 0.0499. The molecule has 4 atom stereocenters. The summed E-state index contributed by atoms with van der Waals surface area (Å²) in [5.41, 5.74) is 11.1. The molecule has 4 unspecified atom stereocenters. The lowest BCUT2D eigenvalue weighted by molar-refractivity contribution is -0.136. The van der Waals surface area contributed by atoms with Crippen molar-refractivity contribution >= 4 is 42.1 Å². The second-order valence-corrected chi connectivity index (χ2v) is 8.64. The van der Waals surface area contributed by atoms with Crippen molar-refractivity contribution in [2.75, 3.05) is 13.1 Å². The van der Waals surface area contributed by atoms with E-state index >= 15 is 0 Å². The van der Waals surface area contributed by atoms with Gasteiger partial charge in [-0.25, -0.2) is 0 Å². The number of nitrogens with zero attached hydrogens (tertiary/aromatic N) is 1. The monoisotopic (exact) mass is 457 g/mol. The van der Waals surface area contributed by atoms with Gasteiger partial charge in [-0.05, 0) is 38.5 Å². The fraction of sp³-hybridized carbons (Fsp3) is 0.778. The lowest BCUT2D eigenvalue weighted by Crippen LogP contribution is -2.56. The van der Waals surface area contributed by atoms with Crippen LogP contribution in [0.5, 0.6) is 0 Å². The molecule has 2 amide bonds. The lowest BCUT2D eigenvalue weighted by atomic mass is 9.76. The molecule has 1 saturated heterocycles. The van der Waals surface area contributed by atoms with Crippen molar-refractivity contribution in [3.8, 4) is 0 Å². The summed E-state index contributed by atoms with van der Waals surface area (Å²) < 4.78 is 0.